The Labute approximate surface area is 158 Å². The Morgan fingerprint density at radius 1 is 0.778 bits per heavy atom. The Kier molecular flexibility index (Phi) is 4.67. The first kappa shape index (κ1) is 17.0. The maximum atomic E-state index is 12.2. The number of para-hydroxylation sites is 1. The van der Waals surface area contributed by atoms with Gasteiger partial charge in [-0.2, -0.15) is 0 Å². The van der Waals surface area contributed by atoms with Gasteiger partial charge in [-0.1, -0.05) is 78.9 Å². The third kappa shape index (κ3) is 3.44. The van der Waals surface area contributed by atoms with Crippen LogP contribution in [-0.2, 0) is 12.8 Å². The van der Waals surface area contributed by atoms with E-state index in [9.17, 15) is 4.79 Å². The average Bonchev–Trinajstić information content (AvgIpc) is 2.72. The number of amides is 1. The van der Waals surface area contributed by atoms with E-state index in [0.29, 0.717) is 5.69 Å². The van der Waals surface area contributed by atoms with Crippen molar-refractivity contribution in [3.8, 4) is 11.1 Å². The van der Waals surface area contributed by atoms with Gasteiger partial charge < -0.3 is 5.73 Å². The van der Waals surface area contributed by atoms with E-state index in [1.54, 1.807) is 0 Å². The fourth-order valence-corrected chi connectivity index (χ4v) is 3.55. The summed E-state index contributed by atoms with van der Waals surface area (Å²) in [6.45, 7) is 0. The van der Waals surface area contributed by atoms with Gasteiger partial charge >= 0.3 is 0 Å². The molecular formula is C24H20N2O. The van der Waals surface area contributed by atoms with Crippen LogP contribution in [0.15, 0.2) is 84.9 Å². The van der Waals surface area contributed by atoms with Crippen molar-refractivity contribution in [1.82, 2.24) is 4.98 Å². The van der Waals surface area contributed by atoms with Crippen LogP contribution in [0.1, 0.15) is 21.6 Å². The summed E-state index contributed by atoms with van der Waals surface area (Å²) in [4.78, 5) is 16.8. The highest BCUT2D eigenvalue weighted by atomic mass is 16.1. The van der Waals surface area contributed by atoms with E-state index < -0.39 is 5.91 Å². The molecule has 4 rings (SSSR count). The van der Waals surface area contributed by atoms with Gasteiger partial charge in [0.05, 0.1) is 5.52 Å². The molecule has 1 heterocycles. The maximum absolute atomic E-state index is 12.2. The summed E-state index contributed by atoms with van der Waals surface area (Å²) in [5, 5.41) is 1.07. The van der Waals surface area contributed by atoms with E-state index in [4.69, 9.17) is 5.73 Å². The zero-order valence-electron chi connectivity index (χ0n) is 14.9. The Morgan fingerprint density at radius 2 is 1.41 bits per heavy atom. The molecule has 0 unspecified atom stereocenters. The van der Waals surface area contributed by atoms with Gasteiger partial charge in [0, 0.05) is 10.9 Å². The van der Waals surface area contributed by atoms with Crippen molar-refractivity contribution in [1.29, 1.82) is 0 Å². The first-order chi connectivity index (χ1) is 13.2. The van der Waals surface area contributed by atoms with Crippen molar-refractivity contribution in [2.75, 3.05) is 0 Å². The summed E-state index contributed by atoms with van der Waals surface area (Å²) in [7, 11) is 0. The van der Waals surface area contributed by atoms with E-state index in [2.05, 4.69) is 23.2 Å². The molecule has 2 N–H and O–H groups in total. The Morgan fingerprint density at radius 3 is 2.11 bits per heavy atom. The van der Waals surface area contributed by atoms with E-state index in [0.717, 1.165) is 40.4 Å². The molecule has 132 valence electrons. The lowest BCUT2D eigenvalue weighted by Crippen LogP contribution is -2.16. The largest absolute Gasteiger partial charge is 0.364 e. The second-order valence-corrected chi connectivity index (χ2v) is 6.55. The van der Waals surface area contributed by atoms with Gasteiger partial charge in [-0.25, -0.2) is 4.98 Å². The zero-order valence-corrected chi connectivity index (χ0v) is 14.9. The van der Waals surface area contributed by atoms with Crippen LogP contribution in [0.2, 0.25) is 0 Å². The number of hydrogen-bond acceptors (Lipinski definition) is 2. The van der Waals surface area contributed by atoms with Crippen LogP contribution in [0, 0.1) is 0 Å². The topological polar surface area (TPSA) is 56.0 Å². The molecule has 3 heteroatoms. The molecule has 3 nitrogen and oxygen atoms in total. The van der Waals surface area contributed by atoms with Gasteiger partial charge in [0.15, 0.2) is 0 Å². The highest BCUT2D eigenvalue weighted by molar-refractivity contribution is 6.03. The first-order valence-electron chi connectivity index (χ1n) is 9.05. The second kappa shape index (κ2) is 7.42. The number of benzene rings is 3. The Hall–Kier alpha value is -3.46. The van der Waals surface area contributed by atoms with Gasteiger partial charge in [-0.05, 0) is 35.6 Å². The highest BCUT2D eigenvalue weighted by Crippen LogP contribution is 2.33. The number of pyridine rings is 1. The van der Waals surface area contributed by atoms with Crippen molar-refractivity contribution in [3.63, 3.8) is 0 Å². The molecule has 0 atom stereocenters. The van der Waals surface area contributed by atoms with Crippen LogP contribution in [-0.4, -0.2) is 10.9 Å². The lowest BCUT2D eigenvalue weighted by Gasteiger charge is -2.16. The zero-order chi connectivity index (χ0) is 18.6. The summed E-state index contributed by atoms with van der Waals surface area (Å²) in [5.41, 5.74) is 11.0. The van der Waals surface area contributed by atoms with Gasteiger partial charge in [-0.15, -0.1) is 0 Å². The van der Waals surface area contributed by atoms with Crippen LogP contribution < -0.4 is 5.73 Å². The molecule has 0 aliphatic carbocycles. The van der Waals surface area contributed by atoms with Gasteiger partial charge in [0.25, 0.3) is 5.91 Å². The van der Waals surface area contributed by atoms with Crippen molar-refractivity contribution in [2.24, 2.45) is 5.73 Å². The summed E-state index contributed by atoms with van der Waals surface area (Å²) < 4.78 is 0. The van der Waals surface area contributed by atoms with E-state index in [-0.39, 0.29) is 0 Å². The van der Waals surface area contributed by atoms with Gasteiger partial charge in [-0.3, -0.25) is 4.79 Å². The average molecular weight is 352 g/mol. The first-order valence-corrected chi connectivity index (χ1v) is 9.05. The van der Waals surface area contributed by atoms with Crippen LogP contribution in [0.25, 0.3) is 22.0 Å². The predicted molar refractivity (Wildman–Crippen MR) is 110 cm³/mol. The van der Waals surface area contributed by atoms with Crippen LogP contribution in [0.5, 0.6) is 0 Å². The monoisotopic (exact) mass is 352 g/mol. The number of fused-ring (bicyclic) bond motifs is 1. The molecule has 0 spiro atoms. The molecule has 4 aromatic rings. The summed E-state index contributed by atoms with van der Waals surface area (Å²) in [6, 6.07) is 28.2. The van der Waals surface area contributed by atoms with Crippen molar-refractivity contribution >= 4 is 16.8 Å². The smallest absolute Gasteiger partial charge is 0.267 e. The van der Waals surface area contributed by atoms with E-state index in [1.807, 2.05) is 66.7 Å². The summed E-state index contributed by atoms with van der Waals surface area (Å²) in [6.07, 6.45) is 1.68. The van der Waals surface area contributed by atoms with Crippen LogP contribution >= 0.6 is 0 Å². The number of carbonyl (C=O) groups is 1. The molecule has 0 aliphatic rings. The minimum Gasteiger partial charge on any atom is -0.364 e. The van der Waals surface area contributed by atoms with Crippen LogP contribution in [0.3, 0.4) is 0 Å². The minimum absolute atomic E-state index is 0.336. The number of aryl methyl sites for hydroxylation is 2. The molecule has 1 aromatic heterocycles. The fourth-order valence-electron chi connectivity index (χ4n) is 3.55. The number of rotatable bonds is 5. The van der Waals surface area contributed by atoms with Crippen molar-refractivity contribution in [2.45, 2.75) is 12.8 Å². The molecule has 0 bridgehead atoms. The molecule has 0 aliphatic heterocycles. The summed E-state index contributed by atoms with van der Waals surface area (Å²) >= 11 is 0. The quantitative estimate of drug-likeness (QED) is 0.562. The fraction of sp³-hybridized carbons (Fsp3) is 0.0833. The van der Waals surface area contributed by atoms with Crippen LogP contribution in [0.4, 0.5) is 0 Å². The normalized spacial score (nSPS) is 10.8. The molecule has 27 heavy (non-hydrogen) atoms. The molecule has 0 fully saturated rings. The summed E-state index contributed by atoms with van der Waals surface area (Å²) in [5.74, 6) is -0.499. The number of primary amides is 1. The molecule has 0 saturated carbocycles. The molecule has 0 radical (unpaired) electrons. The maximum Gasteiger partial charge on any atom is 0.267 e. The predicted octanol–water partition coefficient (Wildman–Crippen LogP) is 4.79. The SMILES string of the molecule is NC(=O)c1nc2ccccc2c(CCc2ccccc2)c1-c1ccccc1. The number of nitrogens with zero attached hydrogens (tertiary/aromatic N) is 1. The second-order valence-electron chi connectivity index (χ2n) is 6.55. The Bertz CT molecular complexity index is 1090. The molecule has 3 aromatic carbocycles. The third-order valence-corrected chi connectivity index (χ3v) is 4.80. The van der Waals surface area contributed by atoms with Crippen molar-refractivity contribution in [3.05, 3.63) is 102 Å². The number of nitrogens with two attached hydrogens (primary N) is 1. The number of hydrogen-bond donors (Lipinski definition) is 1. The number of aromatic nitrogens is 1. The standard InChI is InChI=1S/C24H20N2O/c25-24(27)23-22(18-11-5-2-6-12-18)20(16-15-17-9-3-1-4-10-17)19-13-7-8-14-21(19)26-23/h1-14H,15-16H2,(H2,25,27). The van der Waals surface area contributed by atoms with Crippen molar-refractivity contribution < 1.29 is 4.79 Å². The van der Waals surface area contributed by atoms with E-state index in [1.165, 1.54) is 5.56 Å². The molecule has 0 saturated heterocycles. The highest BCUT2D eigenvalue weighted by Gasteiger charge is 2.19. The lowest BCUT2D eigenvalue weighted by atomic mass is 9.90. The van der Waals surface area contributed by atoms with Gasteiger partial charge in [0.1, 0.15) is 5.69 Å². The van der Waals surface area contributed by atoms with E-state index >= 15 is 0 Å². The Balaban J connectivity index is 1.94. The molecule has 1 amide bonds. The lowest BCUT2D eigenvalue weighted by molar-refractivity contribution is 0.0996. The number of carbonyl (C=O) groups excluding carboxylic acids is 1. The third-order valence-electron chi connectivity index (χ3n) is 4.80. The van der Waals surface area contributed by atoms with Gasteiger partial charge in [0.2, 0.25) is 0 Å². The molecular weight excluding hydrogens is 332 g/mol. The minimum atomic E-state index is -0.499.